The van der Waals surface area contributed by atoms with Gasteiger partial charge in [0.2, 0.25) is 11.8 Å². The van der Waals surface area contributed by atoms with Crippen LogP contribution in [0.2, 0.25) is 0 Å². The van der Waals surface area contributed by atoms with Crippen LogP contribution >= 0.6 is 0 Å². The molecular weight excluding hydrogens is 386 g/mol. The van der Waals surface area contributed by atoms with Crippen molar-refractivity contribution in [3.63, 3.8) is 0 Å². The summed E-state index contributed by atoms with van der Waals surface area (Å²) in [6.07, 6.45) is 3.81. The number of nitrogens with one attached hydrogen (secondary N) is 2. The number of benzene rings is 1. The van der Waals surface area contributed by atoms with Gasteiger partial charge in [0.15, 0.2) is 0 Å². The van der Waals surface area contributed by atoms with Crippen molar-refractivity contribution in [1.29, 1.82) is 0 Å². The molecule has 30 heavy (non-hydrogen) atoms. The Bertz CT molecular complexity index is 642. The summed E-state index contributed by atoms with van der Waals surface area (Å²) in [5.74, 6) is -1.41. The summed E-state index contributed by atoms with van der Waals surface area (Å²) in [7, 11) is 0. The monoisotopic (exact) mass is 421 g/mol. The average molecular weight is 422 g/mol. The third-order valence-corrected chi connectivity index (χ3v) is 4.54. The van der Waals surface area contributed by atoms with Gasteiger partial charge in [-0.1, -0.05) is 36.8 Å². The molecule has 9 heteroatoms. The number of amides is 2. The molecule has 0 heterocycles. The van der Waals surface area contributed by atoms with Crippen LogP contribution in [0.5, 0.6) is 0 Å². The molecule has 9 nitrogen and oxygen atoms in total. The van der Waals surface area contributed by atoms with Crippen LogP contribution in [0.25, 0.3) is 0 Å². The average Bonchev–Trinajstić information content (AvgIpc) is 2.76. The Morgan fingerprint density at radius 3 is 2.17 bits per heavy atom. The van der Waals surface area contributed by atoms with Gasteiger partial charge in [-0.3, -0.25) is 14.4 Å². The van der Waals surface area contributed by atoms with E-state index in [2.05, 4.69) is 10.6 Å². The Labute approximate surface area is 178 Å². The Kier molecular flexibility index (Phi) is 13.1. The molecule has 8 N–H and O–H groups in total. The maximum Gasteiger partial charge on any atom is 0.325 e. The van der Waals surface area contributed by atoms with Crippen molar-refractivity contribution in [3.8, 4) is 0 Å². The van der Waals surface area contributed by atoms with E-state index in [-0.39, 0.29) is 13.2 Å². The second-order valence-corrected chi connectivity index (χ2v) is 7.10. The van der Waals surface area contributed by atoms with Crippen LogP contribution in [0.3, 0.4) is 0 Å². The Morgan fingerprint density at radius 1 is 0.900 bits per heavy atom. The fourth-order valence-corrected chi connectivity index (χ4v) is 2.75. The molecule has 0 aliphatic rings. The first-order chi connectivity index (χ1) is 14.5. The molecule has 1 rings (SSSR count). The summed E-state index contributed by atoms with van der Waals surface area (Å²) < 4.78 is 5.14. The van der Waals surface area contributed by atoms with Crippen molar-refractivity contribution in [1.82, 2.24) is 10.6 Å². The summed E-state index contributed by atoms with van der Waals surface area (Å²) in [6.45, 7) is 0.882. The van der Waals surface area contributed by atoms with E-state index < -0.39 is 29.9 Å². The standard InChI is InChI=1S/C21H35N5O4/c22-12-6-4-10-17(24)20(28)26-18(11-5-7-13-23)21(29)25-14-19(27)30-15-16-8-2-1-3-9-16/h1-3,8-9,17-18H,4-7,10-15,22-24H2,(H,25,29)(H,26,28). The molecule has 0 aromatic heterocycles. The fourth-order valence-electron chi connectivity index (χ4n) is 2.75. The van der Waals surface area contributed by atoms with Gasteiger partial charge in [-0.2, -0.15) is 0 Å². The summed E-state index contributed by atoms with van der Waals surface area (Å²) in [5.41, 5.74) is 17.7. The summed E-state index contributed by atoms with van der Waals surface area (Å²) in [4.78, 5) is 36.7. The number of ether oxygens (including phenoxy) is 1. The molecule has 168 valence electrons. The van der Waals surface area contributed by atoms with Crippen molar-refractivity contribution in [2.24, 2.45) is 17.2 Å². The number of carbonyl (C=O) groups is 3. The molecular formula is C21H35N5O4. The Hall–Kier alpha value is -2.49. The van der Waals surface area contributed by atoms with E-state index in [0.717, 1.165) is 24.8 Å². The SMILES string of the molecule is NCCCCC(N)C(=O)NC(CCCCN)C(=O)NCC(=O)OCc1ccccc1. The maximum atomic E-state index is 12.5. The highest BCUT2D eigenvalue weighted by atomic mass is 16.5. The first-order valence-electron chi connectivity index (χ1n) is 10.4. The van der Waals surface area contributed by atoms with Gasteiger partial charge in [-0.25, -0.2) is 0 Å². The molecule has 0 aliphatic heterocycles. The van der Waals surface area contributed by atoms with Gasteiger partial charge in [0, 0.05) is 0 Å². The second kappa shape index (κ2) is 15.4. The van der Waals surface area contributed by atoms with E-state index in [4.69, 9.17) is 21.9 Å². The van der Waals surface area contributed by atoms with Crippen LogP contribution in [0, 0.1) is 0 Å². The molecule has 2 amide bonds. The van der Waals surface area contributed by atoms with Crippen LogP contribution < -0.4 is 27.8 Å². The molecule has 0 fully saturated rings. The predicted octanol–water partition coefficient (Wildman–Crippen LogP) is -0.0839. The van der Waals surface area contributed by atoms with Gasteiger partial charge >= 0.3 is 5.97 Å². The third-order valence-electron chi connectivity index (χ3n) is 4.54. The van der Waals surface area contributed by atoms with Crippen molar-refractivity contribution in [3.05, 3.63) is 35.9 Å². The number of unbranched alkanes of at least 4 members (excludes halogenated alkanes) is 2. The topological polar surface area (TPSA) is 163 Å². The van der Waals surface area contributed by atoms with Gasteiger partial charge < -0.3 is 32.6 Å². The lowest BCUT2D eigenvalue weighted by Gasteiger charge is -2.20. The zero-order chi connectivity index (χ0) is 22.2. The normalized spacial score (nSPS) is 12.6. The summed E-state index contributed by atoms with van der Waals surface area (Å²) >= 11 is 0. The van der Waals surface area contributed by atoms with E-state index in [1.165, 1.54) is 0 Å². The highest BCUT2D eigenvalue weighted by Crippen LogP contribution is 2.04. The molecule has 0 saturated heterocycles. The second-order valence-electron chi connectivity index (χ2n) is 7.10. The van der Waals surface area contributed by atoms with Crippen LogP contribution in [0.1, 0.15) is 44.1 Å². The zero-order valence-electron chi connectivity index (χ0n) is 17.5. The van der Waals surface area contributed by atoms with Gasteiger partial charge in [0.1, 0.15) is 19.2 Å². The molecule has 1 aromatic rings. The first-order valence-corrected chi connectivity index (χ1v) is 10.4. The van der Waals surface area contributed by atoms with E-state index in [1.54, 1.807) is 0 Å². The molecule has 2 unspecified atom stereocenters. The number of esters is 1. The van der Waals surface area contributed by atoms with E-state index in [0.29, 0.717) is 32.4 Å². The van der Waals surface area contributed by atoms with Crippen LogP contribution in [0.4, 0.5) is 0 Å². The summed E-state index contributed by atoms with van der Waals surface area (Å²) in [6, 6.07) is 7.75. The van der Waals surface area contributed by atoms with Gasteiger partial charge in [0.05, 0.1) is 6.04 Å². The molecule has 1 aromatic carbocycles. The molecule has 0 saturated carbocycles. The predicted molar refractivity (Wildman–Crippen MR) is 115 cm³/mol. The number of nitrogens with two attached hydrogens (primary N) is 3. The highest BCUT2D eigenvalue weighted by Gasteiger charge is 2.23. The van der Waals surface area contributed by atoms with E-state index in [1.807, 2.05) is 30.3 Å². The number of hydrogen-bond acceptors (Lipinski definition) is 7. The van der Waals surface area contributed by atoms with E-state index in [9.17, 15) is 14.4 Å². The van der Waals surface area contributed by atoms with Crippen molar-refractivity contribution in [2.45, 2.75) is 57.2 Å². The molecule has 2 atom stereocenters. The van der Waals surface area contributed by atoms with Crippen LogP contribution in [-0.4, -0.2) is 49.5 Å². The van der Waals surface area contributed by atoms with Gasteiger partial charge in [0.25, 0.3) is 0 Å². The minimum atomic E-state index is -0.786. The zero-order valence-corrected chi connectivity index (χ0v) is 17.5. The Morgan fingerprint density at radius 2 is 1.53 bits per heavy atom. The number of rotatable bonds is 15. The minimum Gasteiger partial charge on any atom is -0.460 e. The van der Waals surface area contributed by atoms with Gasteiger partial charge in [-0.15, -0.1) is 0 Å². The van der Waals surface area contributed by atoms with Crippen LogP contribution in [-0.2, 0) is 25.7 Å². The van der Waals surface area contributed by atoms with Crippen LogP contribution in [0.15, 0.2) is 30.3 Å². The van der Waals surface area contributed by atoms with Crippen molar-refractivity contribution in [2.75, 3.05) is 19.6 Å². The van der Waals surface area contributed by atoms with E-state index >= 15 is 0 Å². The van der Waals surface area contributed by atoms with Crippen molar-refractivity contribution < 1.29 is 19.1 Å². The molecule has 0 radical (unpaired) electrons. The lowest BCUT2D eigenvalue weighted by atomic mass is 10.1. The first kappa shape index (κ1) is 25.5. The third kappa shape index (κ3) is 10.9. The maximum absolute atomic E-state index is 12.5. The quantitative estimate of drug-likeness (QED) is 0.195. The van der Waals surface area contributed by atoms with Crippen molar-refractivity contribution >= 4 is 17.8 Å². The fraction of sp³-hybridized carbons (Fsp3) is 0.571. The molecule has 0 bridgehead atoms. The smallest absolute Gasteiger partial charge is 0.325 e. The molecule has 0 aliphatic carbocycles. The lowest BCUT2D eigenvalue weighted by Crippen LogP contribution is -2.52. The lowest BCUT2D eigenvalue weighted by molar-refractivity contribution is -0.145. The largest absolute Gasteiger partial charge is 0.460 e. The Balaban J connectivity index is 2.49. The highest BCUT2D eigenvalue weighted by molar-refractivity contribution is 5.91. The summed E-state index contributed by atoms with van der Waals surface area (Å²) in [5, 5.41) is 5.21. The molecule has 0 spiro atoms. The number of carbonyl (C=O) groups excluding carboxylic acids is 3. The number of hydrogen-bond donors (Lipinski definition) is 5. The van der Waals surface area contributed by atoms with Gasteiger partial charge in [-0.05, 0) is 50.8 Å². The minimum absolute atomic E-state index is 0.129.